The second kappa shape index (κ2) is 7.77. The molecular formula is C17H33NO2. The minimum absolute atomic E-state index is 0.375. The van der Waals surface area contributed by atoms with Gasteiger partial charge in [-0.05, 0) is 51.0 Å². The molecule has 2 unspecified atom stereocenters. The molecule has 2 fully saturated rings. The number of ether oxygens (including phenoxy) is 2. The van der Waals surface area contributed by atoms with Gasteiger partial charge in [-0.15, -0.1) is 0 Å². The molecule has 1 aliphatic carbocycles. The molecule has 2 rings (SSSR count). The predicted molar refractivity (Wildman–Crippen MR) is 83.0 cm³/mol. The van der Waals surface area contributed by atoms with Crippen molar-refractivity contribution in [1.29, 1.82) is 0 Å². The van der Waals surface area contributed by atoms with E-state index in [0.717, 1.165) is 32.3 Å². The Hall–Kier alpha value is -0.120. The zero-order valence-electron chi connectivity index (χ0n) is 13.6. The third-order valence-corrected chi connectivity index (χ3v) is 5.62. The molecule has 3 nitrogen and oxygen atoms in total. The molecule has 0 aromatic rings. The summed E-state index contributed by atoms with van der Waals surface area (Å²) in [5.41, 5.74) is 0.375. The first-order chi connectivity index (χ1) is 9.76. The summed E-state index contributed by atoms with van der Waals surface area (Å²) in [6, 6.07) is 0.664. The minimum Gasteiger partial charge on any atom is -0.381 e. The van der Waals surface area contributed by atoms with Crippen LogP contribution in [0.4, 0.5) is 0 Å². The van der Waals surface area contributed by atoms with E-state index < -0.39 is 0 Å². The lowest BCUT2D eigenvalue weighted by Crippen LogP contribution is -2.63. The van der Waals surface area contributed by atoms with Crippen molar-refractivity contribution in [3.63, 3.8) is 0 Å². The Morgan fingerprint density at radius 2 is 1.85 bits per heavy atom. The first kappa shape index (κ1) is 16.3. The van der Waals surface area contributed by atoms with Gasteiger partial charge in [-0.1, -0.05) is 20.8 Å². The van der Waals surface area contributed by atoms with Crippen LogP contribution in [0.5, 0.6) is 0 Å². The fourth-order valence-corrected chi connectivity index (χ4v) is 3.95. The summed E-state index contributed by atoms with van der Waals surface area (Å²) < 4.78 is 11.8. The molecule has 2 aliphatic rings. The molecule has 1 saturated heterocycles. The van der Waals surface area contributed by atoms with Gasteiger partial charge in [-0.2, -0.15) is 0 Å². The molecular weight excluding hydrogens is 250 g/mol. The van der Waals surface area contributed by atoms with Crippen LogP contribution >= 0.6 is 0 Å². The van der Waals surface area contributed by atoms with E-state index in [-0.39, 0.29) is 0 Å². The van der Waals surface area contributed by atoms with Crippen molar-refractivity contribution in [3.05, 3.63) is 0 Å². The minimum atomic E-state index is 0.375. The Morgan fingerprint density at radius 3 is 2.45 bits per heavy atom. The van der Waals surface area contributed by atoms with E-state index in [0.29, 0.717) is 17.6 Å². The first-order valence-corrected chi connectivity index (χ1v) is 8.69. The zero-order chi connectivity index (χ0) is 14.4. The van der Waals surface area contributed by atoms with Crippen LogP contribution in [0, 0.1) is 11.3 Å². The van der Waals surface area contributed by atoms with Crippen molar-refractivity contribution >= 4 is 0 Å². The van der Waals surface area contributed by atoms with Crippen LogP contribution in [0.3, 0.4) is 0 Å². The maximum absolute atomic E-state index is 6.33. The molecule has 0 aromatic heterocycles. The normalized spacial score (nSPS) is 30.1. The molecule has 1 saturated carbocycles. The van der Waals surface area contributed by atoms with Crippen LogP contribution in [0.15, 0.2) is 0 Å². The van der Waals surface area contributed by atoms with Crippen molar-refractivity contribution in [2.24, 2.45) is 11.3 Å². The van der Waals surface area contributed by atoms with E-state index in [2.05, 4.69) is 26.1 Å². The molecule has 0 amide bonds. The van der Waals surface area contributed by atoms with Gasteiger partial charge in [0.15, 0.2) is 0 Å². The van der Waals surface area contributed by atoms with Crippen molar-refractivity contribution in [2.75, 3.05) is 26.4 Å². The van der Waals surface area contributed by atoms with Gasteiger partial charge >= 0.3 is 0 Å². The van der Waals surface area contributed by atoms with E-state index in [1.165, 1.54) is 38.5 Å². The van der Waals surface area contributed by atoms with Gasteiger partial charge in [0.1, 0.15) is 0 Å². The Labute approximate surface area is 124 Å². The first-order valence-electron chi connectivity index (χ1n) is 8.69. The molecule has 118 valence electrons. The maximum atomic E-state index is 6.33. The lowest BCUT2D eigenvalue weighted by Gasteiger charge is -2.56. The monoisotopic (exact) mass is 283 g/mol. The molecule has 1 heterocycles. The average Bonchev–Trinajstić information content (AvgIpc) is 2.48. The standard InChI is InChI=1S/C17H33NO2/c1-4-9-18-15-12-16(17(15,5-2)6-3)20-13-14-7-10-19-11-8-14/h14-16,18H,4-13H2,1-3H3. The molecule has 0 aromatic carbocycles. The smallest absolute Gasteiger partial charge is 0.0661 e. The largest absolute Gasteiger partial charge is 0.381 e. The molecule has 1 N–H and O–H groups in total. The van der Waals surface area contributed by atoms with E-state index in [1.807, 2.05) is 0 Å². The predicted octanol–water partition coefficient (Wildman–Crippen LogP) is 3.38. The van der Waals surface area contributed by atoms with Crippen LogP contribution in [0.1, 0.15) is 59.3 Å². The van der Waals surface area contributed by atoms with Crippen LogP contribution in [0.25, 0.3) is 0 Å². The summed E-state index contributed by atoms with van der Waals surface area (Å²) >= 11 is 0. The lowest BCUT2D eigenvalue weighted by molar-refractivity contribution is -0.151. The van der Waals surface area contributed by atoms with Crippen molar-refractivity contribution in [3.8, 4) is 0 Å². The summed E-state index contributed by atoms with van der Waals surface area (Å²) in [6.45, 7) is 10.8. The lowest BCUT2D eigenvalue weighted by atomic mass is 9.58. The van der Waals surface area contributed by atoms with Crippen LogP contribution < -0.4 is 5.32 Å². The number of nitrogens with one attached hydrogen (secondary N) is 1. The Balaban J connectivity index is 1.81. The molecule has 0 bridgehead atoms. The Kier molecular flexibility index (Phi) is 6.31. The highest BCUT2D eigenvalue weighted by atomic mass is 16.5. The van der Waals surface area contributed by atoms with Gasteiger partial charge in [-0.25, -0.2) is 0 Å². The summed E-state index contributed by atoms with van der Waals surface area (Å²) in [7, 11) is 0. The fourth-order valence-electron chi connectivity index (χ4n) is 3.95. The topological polar surface area (TPSA) is 30.5 Å². The fraction of sp³-hybridized carbons (Fsp3) is 1.00. The average molecular weight is 283 g/mol. The SMILES string of the molecule is CCCNC1CC(OCC2CCOCC2)C1(CC)CC. The molecule has 0 radical (unpaired) electrons. The Bertz CT molecular complexity index is 272. The third kappa shape index (κ3) is 3.37. The second-order valence-electron chi connectivity index (χ2n) is 6.56. The van der Waals surface area contributed by atoms with Crippen LogP contribution in [-0.2, 0) is 9.47 Å². The third-order valence-electron chi connectivity index (χ3n) is 5.62. The van der Waals surface area contributed by atoms with Gasteiger partial charge in [0, 0.05) is 31.3 Å². The van der Waals surface area contributed by atoms with Crippen molar-refractivity contribution < 1.29 is 9.47 Å². The highest BCUT2D eigenvalue weighted by molar-refractivity contribution is 5.06. The van der Waals surface area contributed by atoms with Gasteiger partial charge in [0.05, 0.1) is 6.10 Å². The number of rotatable bonds is 8. The van der Waals surface area contributed by atoms with E-state index in [9.17, 15) is 0 Å². The zero-order valence-corrected chi connectivity index (χ0v) is 13.6. The highest BCUT2D eigenvalue weighted by Gasteiger charge is 2.53. The highest BCUT2D eigenvalue weighted by Crippen LogP contribution is 2.49. The summed E-state index contributed by atoms with van der Waals surface area (Å²) in [6.07, 6.45) is 7.69. The van der Waals surface area contributed by atoms with E-state index >= 15 is 0 Å². The van der Waals surface area contributed by atoms with Gasteiger partial charge < -0.3 is 14.8 Å². The number of hydrogen-bond donors (Lipinski definition) is 1. The molecule has 1 aliphatic heterocycles. The molecule has 20 heavy (non-hydrogen) atoms. The summed E-state index contributed by atoms with van der Waals surface area (Å²) in [5.74, 6) is 0.720. The van der Waals surface area contributed by atoms with Gasteiger partial charge in [0.2, 0.25) is 0 Å². The van der Waals surface area contributed by atoms with E-state index in [1.54, 1.807) is 0 Å². The quantitative estimate of drug-likeness (QED) is 0.741. The van der Waals surface area contributed by atoms with Crippen molar-refractivity contribution in [2.45, 2.75) is 71.4 Å². The molecule has 2 atom stereocenters. The van der Waals surface area contributed by atoms with Gasteiger partial charge in [0.25, 0.3) is 0 Å². The summed E-state index contributed by atoms with van der Waals surface area (Å²) in [4.78, 5) is 0. The maximum Gasteiger partial charge on any atom is 0.0661 e. The Morgan fingerprint density at radius 1 is 1.15 bits per heavy atom. The van der Waals surface area contributed by atoms with Gasteiger partial charge in [-0.3, -0.25) is 0 Å². The summed E-state index contributed by atoms with van der Waals surface area (Å²) in [5, 5.41) is 3.73. The van der Waals surface area contributed by atoms with E-state index in [4.69, 9.17) is 9.47 Å². The number of hydrogen-bond acceptors (Lipinski definition) is 3. The van der Waals surface area contributed by atoms with Crippen LogP contribution in [-0.4, -0.2) is 38.5 Å². The molecule has 3 heteroatoms. The van der Waals surface area contributed by atoms with Crippen molar-refractivity contribution in [1.82, 2.24) is 5.32 Å². The second-order valence-corrected chi connectivity index (χ2v) is 6.56. The van der Waals surface area contributed by atoms with Crippen LogP contribution in [0.2, 0.25) is 0 Å². The molecule has 0 spiro atoms.